The van der Waals surface area contributed by atoms with Gasteiger partial charge in [0.25, 0.3) is 11.8 Å². The van der Waals surface area contributed by atoms with Gasteiger partial charge in [0.15, 0.2) is 20.5 Å². The number of halogens is 1. The van der Waals surface area contributed by atoms with Gasteiger partial charge in [-0.3, -0.25) is 34.1 Å². The zero-order chi connectivity index (χ0) is 85.2. The van der Waals surface area contributed by atoms with E-state index in [-0.39, 0.29) is 62.4 Å². The van der Waals surface area contributed by atoms with Crippen LogP contribution in [0.3, 0.4) is 0 Å². The fourth-order valence-electron chi connectivity index (χ4n) is 11.2. The van der Waals surface area contributed by atoms with E-state index in [1.165, 1.54) is 25.6 Å². The molecule has 9 rings (SSSR count). The number of thiazole rings is 2. The molecule has 0 bridgehead atoms. The highest BCUT2D eigenvalue weighted by Gasteiger charge is 2.35. The van der Waals surface area contributed by atoms with Crippen molar-refractivity contribution >= 4 is 160 Å². The topological polar surface area (TPSA) is 338 Å². The second-order valence-electron chi connectivity index (χ2n) is 25.1. The number of esters is 2. The Labute approximate surface area is 708 Å². The second-order valence-corrected chi connectivity index (χ2v) is 28.4. The first-order valence-corrected chi connectivity index (χ1v) is 40.8. The van der Waals surface area contributed by atoms with Crippen molar-refractivity contribution in [2.75, 3.05) is 82.1 Å². The van der Waals surface area contributed by atoms with Crippen molar-refractivity contribution in [2.45, 2.75) is 129 Å². The summed E-state index contributed by atoms with van der Waals surface area (Å²) >= 11 is 20.3. The van der Waals surface area contributed by atoms with Gasteiger partial charge in [0.1, 0.15) is 34.5 Å². The number of aliphatic carboxylic acids is 1. The lowest BCUT2D eigenvalue weighted by Crippen LogP contribution is -2.34. The number of nitrogens with two attached hydrogens (primary N) is 2. The number of nitrogen functional groups attached to an aromatic ring is 1. The number of benzene rings is 7. The van der Waals surface area contributed by atoms with Crippen LogP contribution in [0.25, 0.3) is 0 Å². The summed E-state index contributed by atoms with van der Waals surface area (Å²) in [4.78, 5) is 77.6. The van der Waals surface area contributed by atoms with Crippen molar-refractivity contribution in [3.8, 4) is 28.7 Å². The predicted molar refractivity (Wildman–Crippen MR) is 477 cm³/mol. The molecule has 2 amide bonds. The van der Waals surface area contributed by atoms with Gasteiger partial charge in [-0.2, -0.15) is 0 Å². The third kappa shape index (κ3) is 35.4. The predicted octanol–water partition coefficient (Wildman–Crippen LogP) is 19.4. The molecule has 10 N–H and O–H groups in total. The zero-order valence-corrected chi connectivity index (χ0v) is 73.0. The van der Waals surface area contributed by atoms with Gasteiger partial charge < -0.3 is 71.0 Å². The van der Waals surface area contributed by atoms with Crippen LogP contribution in [0.4, 0.5) is 38.7 Å². The van der Waals surface area contributed by atoms with Crippen molar-refractivity contribution in [1.82, 2.24) is 15.3 Å². The number of methoxy groups -OCH3 is 7. The van der Waals surface area contributed by atoms with Crippen LogP contribution in [-0.2, 0) is 51.9 Å². The van der Waals surface area contributed by atoms with Crippen molar-refractivity contribution in [2.24, 2.45) is 15.5 Å². The second kappa shape index (κ2) is 54.3. The number of carboxylic acid groups (broad SMARTS) is 1. The summed E-state index contributed by atoms with van der Waals surface area (Å²) in [6, 6.07) is 55.1. The minimum Gasteiger partial charge on any atom is -0.497 e. The Hall–Kier alpha value is -10.5. The summed E-state index contributed by atoms with van der Waals surface area (Å²) in [6.45, 7) is 12.5. The van der Waals surface area contributed by atoms with Crippen molar-refractivity contribution in [3.63, 3.8) is 0 Å². The number of rotatable bonds is 32. The Morgan fingerprint density at radius 3 is 1.22 bits per heavy atom. The first-order chi connectivity index (χ1) is 55.2. The number of thiocarbonyl (C=S) groups is 2. The highest BCUT2D eigenvalue weighted by Crippen LogP contribution is 2.41. The number of anilines is 7. The third-order valence-electron chi connectivity index (χ3n) is 18.5. The molecule has 0 saturated heterocycles. The molecule has 0 saturated carbocycles. The molecule has 2 heterocycles. The maximum absolute atomic E-state index is 11.9. The van der Waals surface area contributed by atoms with E-state index in [9.17, 15) is 28.8 Å². The number of ketones is 1. The number of ether oxygens (including phenoxy) is 7. The molecule has 24 nitrogen and oxygen atoms in total. The molecule has 0 fully saturated rings. The largest absolute Gasteiger partial charge is 0.497 e. The molecule has 2 aromatic heterocycles. The third-order valence-corrected chi connectivity index (χ3v) is 21.0. The van der Waals surface area contributed by atoms with Crippen LogP contribution < -0.4 is 61.7 Å². The van der Waals surface area contributed by atoms with E-state index in [1.807, 2.05) is 141 Å². The highest BCUT2D eigenvalue weighted by molar-refractivity contribution is 9.09. The molecule has 0 radical (unpaired) electrons. The quantitative estimate of drug-likeness (QED) is 0.00840. The molecule has 618 valence electrons. The number of carboxylic acids is 1. The van der Waals surface area contributed by atoms with E-state index < -0.39 is 5.97 Å². The lowest BCUT2D eigenvalue weighted by molar-refractivity contribution is -0.142. The van der Waals surface area contributed by atoms with Crippen LogP contribution in [0.15, 0.2) is 197 Å². The number of alkyl halides is 1. The number of nitrogens with one attached hydrogen (secondary N) is 5. The van der Waals surface area contributed by atoms with Gasteiger partial charge in [-0.25, -0.2) is 9.97 Å². The summed E-state index contributed by atoms with van der Waals surface area (Å²) in [5.41, 5.74) is 17.4. The standard InChI is InChI=1S/C19H26N2O3S.C18H24N2O3S.C15H14N2O2S.C11H19BrO3.C8H10N2OS.C7H5NOS.C7H9NO/c1-5-19(6-2,11-10-17(22)24-4)16-13-25-18(21-16)20-14-8-7-9-15(12-14)23-3;1-4-18(5-2,10-9-16(21)22)15-12-24-17(20-15)19-13-7-6-8-14(11-13)23-3;1-19-13-9-5-8-12(10-13)16-15(20)17-14(18)11-6-3-2-4-7-11;1-4-11(5-2,9(13)8-12)7-6-10(14)15-3;1-11-7-4-2-3-6(5-7)10-8(9)12;9-7(8-10)6-4-2-1-3-5-6;1-9-7-4-2-3-6(8)5-7/h7-9,12-13H,5-6,10-11H2,1-4H3,(H,20,21);6-8,11-12H,4-5,9-10H2,1-3H3,(H,19,20)(H,21,22);2-10H,1H3,(H2,16,17,18,20);4-8H2,1-3H3;2-5H,1H3,(H3,9,10,12);1-5H;2-5H,8H2,1H3. The summed E-state index contributed by atoms with van der Waals surface area (Å²) in [6.07, 6.45) is 7.98. The molecular formula is C85H107BrN10O14S5. The van der Waals surface area contributed by atoms with Crippen molar-refractivity contribution < 1.29 is 67.0 Å². The lowest BCUT2D eigenvalue weighted by Gasteiger charge is -2.29. The van der Waals surface area contributed by atoms with Crippen LogP contribution in [0.5, 0.6) is 28.7 Å². The number of nitrogens with zero attached hydrogens (tertiary/aromatic N) is 3. The first kappa shape index (κ1) is 98.7. The Kier molecular flexibility index (Phi) is 46.6. The summed E-state index contributed by atoms with van der Waals surface area (Å²) < 4.78 is 38.0. The van der Waals surface area contributed by atoms with Gasteiger partial charge in [-0.05, 0) is 167 Å². The average molecular weight is 1730 g/mol. The molecular weight excluding hydrogens is 1630 g/mol. The summed E-state index contributed by atoms with van der Waals surface area (Å²) in [5, 5.41) is 30.6. The van der Waals surface area contributed by atoms with Crippen LogP contribution in [0, 0.1) is 5.41 Å². The number of hydrogen-bond acceptors (Lipinski definition) is 23. The summed E-state index contributed by atoms with van der Waals surface area (Å²) in [7, 11) is 10.9. The Balaban J connectivity index is 0.000000357. The van der Waals surface area contributed by atoms with Crippen molar-refractivity contribution in [3.05, 3.63) is 215 Å². The molecule has 0 aliphatic carbocycles. The van der Waals surface area contributed by atoms with Crippen LogP contribution >= 0.6 is 63.0 Å². The number of amides is 2. The number of aromatic nitrogens is 2. The number of hydrogen-bond donors (Lipinski definition) is 8. The Morgan fingerprint density at radius 1 is 0.487 bits per heavy atom. The van der Waals surface area contributed by atoms with Gasteiger partial charge in [0.05, 0.1) is 66.5 Å². The fraction of sp³-hybridized carbons (Fsp3) is 0.341. The fourth-order valence-corrected chi connectivity index (χ4v) is 14.0. The molecule has 0 aliphatic heterocycles. The highest BCUT2D eigenvalue weighted by atomic mass is 79.9. The van der Waals surface area contributed by atoms with E-state index in [2.05, 4.69) is 109 Å². The SMILES string of the molecule is CCC(CC)(CCC(=O)O)c1csc(Nc2cccc(OC)c2)n1.CCC(CC)(CCC(=O)OC)C(=O)CBr.CCC(CC)(CCC(=O)OC)c1csc(Nc2cccc(OC)c2)n1.COc1cccc(N)c1.COc1cccc(NC(=S)NC(=O)c2ccccc2)c1.COc1cccc(NC(N)=S)c1.O=C(N=S)c1ccccc1. The van der Waals surface area contributed by atoms with Gasteiger partial charge >= 0.3 is 17.9 Å². The zero-order valence-electron chi connectivity index (χ0n) is 67.3. The van der Waals surface area contributed by atoms with E-state index in [4.69, 9.17) is 67.2 Å². The van der Waals surface area contributed by atoms with Gasteiger partial charge in [0.2, 0.25) is 0 Å². The van der Waals surface area contributed by atoms with Gasteiger partial charge in [-0.1, -0.05) is 124 Å². The van der Waals surface area contributed by atoms with E-state index >= 15 is 0 Å². The van der Waals surface area contributed by atoms with Crippen LogP contribution in [0.1, 0.15) is 151 Å². The van der Waals surface area contributed by atoms with Crippen LogP contribution in [0.2, 0.25) is 0 Å². The molecule has 115 heavy (non-hydrogen) atoms. The van der Waals surface area contributed by atoms with Gasteiger partial charge in [-0.15, -0.1) is 27.0 Å². The van der Waals surface area contributed by atoms with E-state index in [0.717, 1.165) is 118 Å². The number of carbonyl (C=O) groups excluding carboxylic acids is 5. The maximum Gasteiger partial charge on any atom is 0.305 e. The molecule has 30 heteroatoms. The molecule has 0 atom stereocenters. The normalized spacial score (nSPS) is 10.3. The van der Waals surface area contributed by atoms with E-state index in [1.54, 1.807) is 108 Å². The first-order valence-electron chi connectivity index (χ1n) is 36.8. The van der Waals surface area contributed by atoms with Gasteiger partial charge in [0, 0.05) is 129 Å². The molecule has 9 aromatic rings. The summed E-state index contributed by atoms with van der Waals surface area (Å²) in [5.74, 6) is 2.29. The molecule has 0 spiro atoms. The number of carbonyl (C=O) groups is 6. The Bertz CT molecular complexity index is 4450. The maximum atomic E-state index is 11.9. The molecule has 7 aromatic carbocycles. The lowest BCUT2D eigenvalue weighted by atomic mass is 9.75. The minimum atomic E-state index is -0.758. The molecule has 0 aliphatic rings. The number of Topliss-reactive ketones (excluding diaryl/α,β-unsaturated/α-hetero) is 1. The van der Waals surface area contributed by atoms with Crippen molar-refractivity contribution in [1.29, 1.82) is 0 Å². The average Bonchev–Trinajstić information content (AvgIpc) is 1.69. The van der Waals surface area contributed by atoms with Crippen LogP contribution in [-0.4, -0.2) is 116 Å². The smallest absolute Gasteiger partial charge is 0.305 e. The molecule has 0 unspecified atom stereocenters. The Morgan fingerprint density at radius 2 is 0.861 bits per heavy atom. The minimum absolute atomic E-state index is 0.0982. The van der Waals surface area contributed by atoms with E-state index in [0.29, 0.717) is 47.9 Å². The monoisotopic (exact) mass is 1730 g/mol.